The molecule has 0 aromatic heterocycles. The third-order valence-corrected chi connectivity index (χ3v) is 6.28. The van der Waals surface area contributed by atoms with Crippen LogP contribution in [0.2, 0.25) is 0 Å². The van der Waals surface area contributed by atoms with E-state index < -0.39 is 40.0 Å². The molecule has 2 atom stereocenters. The lowest BCUT2D eigenvalue weighted by Gasteiger charge is -2.48. The van der Waals surface area contributed by atoms with Crippen LogP contribution in [0, 0.1) is 22.0 Å². The van der Waals surface area contributed by atoms with Gasteiger partial charge >= 0.3 is 0 Å². The Kier molecular flexibility index (Phi) is 3.13. The van der Waals surface area contributed by atoms with Gasteiger partial charge in [0.1, 0.15) is 5.92 Å². The Labute approximate surface area is 154 Å². The Morgan fingerprint density at radius 1 is 1.00 bits per heavy atom. The minimum absolute atomic E-state index is 0.141. The van der Waals surface area contributed by atoms with Crippen LogP contribution in [0.4, 0.5) is 0 Å². The first-order valence-corrected chi connectivity index (χ1v) is 8.84. The van der Waals surface area contributed by atoms with Gasteiger partial charge < -0.3 is 5.11 Å². The fraction of sp³-hybridized carbons (Fsp3) is 0.300. The topological polar surface area (TPSA) is 101 Å². The van der Waals surface area contributed by atoms with Gasteiger partial charge in [0, 0.05) is 22.0 Å². The smallest absolute Gasteiger partial charge is 0.284 e. The number of nitro groups is 1. The Hall–Kier alpha value is -3.06. The molecule has 1 aliphatic heterocycles. The zero-order chi connectivity index (χ0) is 18.9. The lowest BCUT2D eigenvalue weighted by atomic mass is 9.51. The highest BCUT2D eigenvalue weighted by atomic mass is 16.6. The molecule has 1 heterocycles. The van der Waals surface area contributed by atoms with Crippen molar-refractivity contribution in [3.63, 3.8) is 0 Å². The Morgan fingerprint density at radius 2 is 1.56 bits per heavy atom. The van der Waals surface area contributed by atoms with E-state index in [1.54, 1.807) is 36.4 Å². The van der Waals surface area contributed by atoms with Gasteiger partial charge in [-0.25, -0.2) is 0 Å². The van der Waals surface area contributed by atoms with Crippen LogP contribution in [0.5, 0.6) is 0 Å². The first kappa shape index (κ1) is 16.1. The van der Waals surface area contributed by atoms with Gasteiger partial charge in [0.05, 0.1) is 19.1 Å². The number of hydrogen-bond acceptors (Lipinski definition) is 5. The molecule has 2 aromatic rings. The fourth-order valence-corrected chi connectivity index (χ4v) is 5.42. The molecule has 2 bridgehead atoms. The highest BCUT2D eigenvalue weighted by molar-refractivity contribution is 6.08. The molecule has 4 aliphatic rings. The van der Waals surface area contributed by atoms with Gasteiger partial charge in [0.25, 0.3) is 5.54 Å². The van der Waals surface area contributed by atoms with E-state index in [0.29, 0.717) is 11.1 Å². The quantitative estimate of drug-likeness (QED) is 0.502. The number of amides is 2. The first-order chi connectivity index (χ1) is 13.0. The Balaban J connectivity index is 1.89. The van der Waals surface area contributed by atoms with Crippen molar-refractivity contribution in [1.29, 1.82) is 0 Å². The van der Waals surface area contributed by atoms with E-state index in [1.165, 1.54) is 0 Å². The van der Waals surface area contributed by atoms with Crippen LogP contribution in [0.1, 0.15) is 28.2 Å². The molecule has 3 aliphatic carbocycles. The van der Waals surface area contributed by atoms with Gasteiger partial charge in [0.15, 0.2) is 0 Å². The van der Waals surface area contributed by atoms with Crippen LogP contribution in [0.15, 0.2) is 48.5 Å². The van der Waals surface area contributed by atoms with Crippen molar-refractivity contribution >= 4 is 11.8 Å². The van der Waals surface area contributed by atoms with Crippen molar-refractivity contribution in [2.45, 2.75) is 11.5 Å². The lowest BCUT2D eigenvalue weighted by molar-refractivity contribution is -0.578. The molecule has 0 radical (unpaired) electrons. The predicted octanol–water partition coefficient (Wildman–Crippen LogP) is 1.26. The summed E-state index contributed by atoms with van der Waals surface area (Å²) in [5.74, 6) is -3.31. The molecule has 27 heavy (non-hydrogen) atoms. The lowest BCUT2D eigenvalue weighted by Crippen LogP contribution is -2.57. The van der Waals surface area contributed by atoms with Crippen molar-refractivity contribution in [2.24, 2.45) is 11.8 Å². The number of carbonyl (C=O) groups is 2. The summed E-state index contributed by atoms with van der Waals surface area (Å²) in [5.41, 5.74) is 0.671. The summed E-state index contributed by atoms with van der Waals surface area (Å²) < 4.78 is 0. The maximum atomic E-state index is 13.1. The molecule has 0 unspecified atom stereocenters. The number of rotatable bonds is 3. The van der Waals surface area contributed by atoms with Crippen LogP contribution in [-0.4, -0.2) is 39.9 Å². The number of carbonyl (C=O) groups excluding carboxylic acids is 2. The van der Waals surface area contributed by atoms with Gasteiger partial charge in [-0.2, -0.15) is 0 Å². The van der Waals surface area contributed by atoms with Crippen molar-refractivity contribution in [2.75, 3.05) is 13.2 Å². The van der Waals surface area contributed by atoms with Crippen molar-refractivity contribution in [3.05, 3.63) is 80.9 Å². The Bertz CT molecular complexity index is 969. The first-order valence-electron chi connectivity index (χ1n) is 8.84. The average molecular weight is 364 g/mol. The normalized spacial score (nSPS) is 30.1. The van der Waals surface area contributed by atoms with E-state index in [-0.39, 0.29) is 13.2 Å². The molecule has 1 fully saturated rings. The number of imide groups is 1. The molecule has 1 N–H and O–H groups in total. The minimum Gasteiger partial charge on any atom is -0.395 e. The van der Waals surface area contributed by atoms with Crippen LogP contribution in [0.3, 0.4) is 0 Å². The van der Waals surface area contributed by atoms with Gasteiger partial charge in [-0.05, 0) is 11.1 Å². The number of nitrogens with zero attached hydrogens (tertiary/aromatic N) is 2. The number of β-amino-alcohol motifs (C(OH)–C–C–N with tert-alkyl or cyclic N) is 1. The number of likely N-dealkylation sites (tertiary alicyclic amines) is 1. The monoisotopic (exact) mass is 364 g/mol. The average Bonchev–Trinajstić information content (AvgIpc) is 2.94. The largest absolute Gasteiger partial charge is 0.395 e. The van der Waals surface area contributed by atoms with E-state index in [0.717, 1.165) is 16.0 Å². The van der Waals surface area contributed by atoms with Crippen molar-refractivity contribution < 1.29 is 19.6 Å². The van der Waals surface area contributed by atoms with Crippen LogP contribution in [-0.2, 0) is 15.1 Å². The van der Waals surface area contributed by atoms with E-state index >= 15 is 0 Å². The maximum Gasteiger partial charge on any atom is 0.284 e. The van der Waals surface area contributed by atoms with E-state index in [9.17, 15) is 24.8 Å². The number of aliphatic hydroxyl groups is 1. The molecule has 7 heteroatoms. The van der Waals surface area contributed by atoms with Crippen LogP contribution in [0.25, 0.3) is 0 Å². The number of hydrogen-bond donors (Lipinski definition) is 1. The highest BCUT2D eigenvalue weighted by Crippen LogP contribution is 2.64. The summed E-state index contributed by atoms with van der Waals surface area (Å²) in [6.45, 7) is -0.509. The zero-order valence-electron chi connectivity index (χ0n) is 14.2. The fourth-order valence-electron chi connectivity index (χ4n) is 5.42. The molecule has 1 saturated heterocycles. The van der Waals surface area contributed by atoms with Crippen LogP contribution < -0.4 is 0 Å². The maximum absolute atomic E-state index is 13.1. The second-order valence-electron chi connectivity index (χ2n) is 7.23. The summed E-state index contributed by atoms with van der Waals surface area (Å²) in [6, 6.07) is 14.1. The zero-order valence-corrected chi connectivity index (χ0v) is 14.2. The SMILES string of the molecule is O=C1[C@@H]2C3c4ccccc4C([N+](=O)[O-])(c4ccccc43)[C@H]2C(=O)N1CCO. The molecule has 7 nitrogen and oxygen atoms in total. The van der Waals surface area contributed by atoms with E-state index in [2.05, 4.69) is 0 Å². The molecule has 2 amide bonds. The molecular weight excluding hydrogens is 348 g/mol. The third-order valence-electron chi connectivity index (χ3n) is 6.28. The van der Waals surface area contributed by atoms with Crippen molar-refractivity contribution in [1.82, 2.24) is 4.90 Å². The molecule has 2 aromatic carbocycles. The summed E-state index contributed by atoms with van der Waals surface area (Å²) in [6.07, 6.45) is 0. The molecule has 0 saturated carbocycles. The molecule has 136 valence electrons. The molecule has 0 spiro atoms. The van der Waals surface area contributed by atoms with Gasteiger partial charge in [-0.1, -0.05) is 48.5 Å². The van der Waals surface area contributed by atoms with Gasteiger partial charge in [-0.15, -0.1) is 0 Å². The molecule has 6 rings (SSSR count). The highest BCUT2D eigenvalue weighted by Gasteiger charge is 2.74. The second-order valence-corrected chi connectivity index (χ2v) is 7.23. The summed E-state index contributed by atoms with van der Waals surface area (Å²) in [4.78, 5) is 39.4. The van der Waals surface area contributed by atoms with Crippen molar-refractivity contribution in [3.8, 4) is 0 Å². The summed E-state index contributed by atoms with van der Waals surface area (Å²) in [5, 5.41) is 21.9. The van der Waals surface area contributed by atoms with Gasteiger partial charge in [-0.3, -0.25) is 24.6 Å². The predicted molar refractivity (Wildman–Crippen MR) is 93.3 cm³/mol. The van der Waals surface area contributed by atoms with E-state index in [1.807, 2.05) is 12.1 Å². The summed E-state index contributed by atoms with van der Waals surface area (Å²) in [7, 11) is 0. The second kappa shape index (κ2) is 5.23. The summed E-state index contributed by atoms with van der Waals surface area (Å²) >= 11 is 0. The number of benzene rings is 2. The number of aliphatic hydroxyl groups excluding tert-OH is 1. The van der Waals surface area contributed by atoms with E-state index in [4.69, 9.17) is 0 Å². The third kappa shape index (κ3) is 1.66. The van der Waals surface area contributed by atoms with Crippen LogP contribution >= 0.6 is 0 Å². The Morgan fingerprint density at radius 3 is 2.07 bits per heavy atom. The molecular formula is C20H16N2O5. The standard InChI is InChI=1S/C20H16N2O5/c23-10-9-21-18(24)16-15-11-5-1-3-7-13(11)20(22(26)27,17(16)19(21)25)14-8-4-2-6-12(14)15/h1-8,15-17,23H,9-10H2/t15?,16-,17-,20?/m1/s1. The minimum atomic E-state index is -1.79. The van der Waals surface area contributed by atoms with Gasteiger partial charge in [0.2, 0.25) is 11.8 Å².